The van der Waals surface area contributed by atoms with Crippen LogP contribution in [0, 0.1) is 5.92 Å². The lowest BCUT2D eigenvalue weighted by atomic mass is 10.1. The van der Waals surface area contributed by atoms with Gasteiger partial charge in [-0.15, -0.1) is 0 Å². The number of carbonyl (C=O) groups is 2. The van der Waals surface area contributed by atoms with E-state index in [1.54, 1.807) is 17.3 Å². The monoisotopic (exact) mass is 413 g/mol. The lowest BCUT2D eigenvalue weighted by Crippen LogP contribution is -2.32. The van der Waals surface area contributed by atoms with E-state index in [0.717, 1.165) is 20.9 Å². The minimum Gasteiger partial charge on any atom is -0.352 e. The minimum absolute atomic E-state index is 0.0946. The summed E-state index contributed by atoms with van der Waals surface area (Å²) in [7, 11) is 0. The number of nitrogens with zero attached hydrogens (tertiary/aromatic N) is 3. The molecule has 0 radical (unpaired) electrons. The molecule has 8 heteroatoms. The molecule has 4 rings (SSSR count). The van der Waals surface area contributed by atoms with Crippen molar-refractivity contribution in [3.8, 4) is 0 Å². The van der Waals surface area contributed by atoms with Crippen molar-refractivity contribution in [2.75, 3.05) is 11.4 Å². The summed E-state index contributed by atoms with van der Waals surface area (Å²) in [5.41, 5.74) is 1.76. The summed E-state index contributed by atoms with van der Waals surface area (Å²) in [5.74, 6) is -0.0448. The fraction of sp³-hybridized carbons (Fsp3) is 0.222. The van der Waals surface area contributed by atoms with Crippen molar-refractivity contribution >= 4 is 44.5 Å². The highest BCUT2D eigenvalue weighted by Crippen LogP contribution is 2.31. The summed E-state index contributed by atoms with van der Waals surface area (Å²) in [6.07, 6.45) is 3.58. The molecule has 132 valence electrons. The number of amides is 2. The first-order valence-corrected chi connectivity index (χ1v) is 9.02. The Morgan fingerprint density at radius 2 is 2.27 bits per heavy atom. The first-order valence-electron chi connectivity index (χ1n) is 8.22. The Labute approximate surface area is 157 Å². The average Bonchev–Trinajstić information content (AvgIpc) is 3.23. The third-order valence-electron chi connectivity index (χ3n) is 4.45. The fourth-order valence-corrected chi connectivity index (χ4v) is 3.47. The predicted octanol–water partition coefficient (Wildman–Crippen LogP) is 2.39. The van der Waals surface area contributed by atoms with Crippen molar-refractivity contribution in [1.82, 2.24) is 20.5 Å². The number of aromatic amines is 1. The highest BCUT2D eigenvalue weighted by atomic mass is 79.9. The number of anilines is 1. The van der Waals surface area contributed by atoms with Crippen molar-refractivity contribution < 1.29 is 9.59 Å². The van der Waals surface area contributed by atoms with Crippen LogP contribution in [0.1, 0.15) is 12.0 Å². The zero-order valence-electron chi connectivity index (χ0n) is 13.8. The van der Waals surface area contributed by atoms with E-state index < -0.39 is 0 Å². The van der Waals surface area contributed by atoms with Crippen LogP contribution in [0.3, 0.4) is 0 Å². The molecule has 0 aliphatic carbocycles. The molecule has 0 bridgehead atoms. The van der Waals surface area contributed by atoms with E-state index in [9.17, 15) is 9.59 Å². The summed E-state index contributed by atoms with van der Waals surface area (Å²) in [6.45, 7) is 0.727. The third-order valence-corrected chi connectivity index (χ3v) is 4.94. The maximum absolute atomic E-state index is 12.4. The maximum atomic E-state index is 12.4. The van der Waals surface area contributed by atoms with Crippen LogP contribution in [-0.2, 0) is 16.1 Å². The molecule has 1 aromatic carbocycles. The molecule has 26 heavy (non-hydrogen) atoms. The fourth-order valence-electron chi connectivity index (χ4n) is 3.11. The summed E-state index contributed by atoms with van der Waals surface area (Å²) in [5, 5.41) is 11.0. The van der Waals surface area contributed by atoms with Gasteiger partial charge in [0.1, 0.15) is 0 Å². The maximum Gasteiger partial charge on any atom is 0.229 e. The molecule has 1 aliphatic rings. The Morgan fingerprint density at radius 3 is 3.08 bits per heavy atom. The van der Waals surface area contributed by atoms with Crippen molar-refractivity contribution in [1.29, 1.82) is 0 Å². The van der Waals surface area contributed by atoms with E-state index in [1.165, 1.54) is 0 Å². The van der Waals surface area contributed by atoms with Crippen LogP contribution in [0.5, 0.6) is 0 Å². The molecule has 3 aromatic rings. The highest BCUT2D eigenvalue weighted by molar-refractivity contribution is 9.10. The average molecular weight is 414 g/mol. The highest BCUT2D eigenvalue weighted by Gasteiger charge is 2.36. The smallest absolute Gasteiger partial charge is 0.229 e. The molecule has 2 aromatic heterocycles. The van der Waals surface area contributed by atoms with Gasteiger partial charge in [0, 0.05) is 41.8 Å². The van der Waals surface area contributed by atoms with E-state index in [1.807, 2.05) is 30.3 Å². The quantitative estimate of drug-likeness (QED) is 0.686. The minimum atomic E-state index is -0.388. The van der Waals surface area contributed by atoms with Gasteiger partial charge in [-0.25, -0.2) is 0 Å². The second-order valence-corrected chi connectivity index (χ2v) is 7.14. The van der Waals surface area contributed by atoms with Gasteiger partial charge in [-0.3, -0.25) is 24.6 Å². The van der Waals surface area contributed by atoms with Crippen molar-refractivity contribution in [3.63, 3.8) is 0 Å². The summed E-state index contributed by atoms with van der Waals surface area (Å²) in [6, 6.07) is 9.43. The third kappa shape index (κ3) is 3.20. The van der Waals surface area contributed by atoms with E-state index in [4.69, 9.17) is 0 Å². The Kier molecular flexibility index (Phi) is 4.42. The number of H-pyrrole nitrogens is 1. The SMILES string of the molecule is O=C(NCc1cccnc1)[C@@H]1CC(=O)N(c2n[nH]c3cc(Br)ccc23)C1. The largest absolute Gasteiger partial charge is 0.352 e. The molecule has 1 atom stereocenters. The Balaban J connectivity index is 1.47. The number of aromatic nitrogens is 3. The van der Waals surface area contributed by atoms with Crippen molar-refractivity contribution in [2.45, 2.75) is 13.0 Å². The van der Waals surface area contributed by atoms with E-state index in [0.29, 0.717) is 18.9 Å². The van der Waals surface area contributed by atoms with Crippen LogP contribution in [0.4, 0.5) is 5.82 Å². The molecule has 2 amide bonds. The number of fused-ring (bicyclic) bond motifs is 1. The topological polar surface area (TPSA) is 91.0 Å². The van der Waals surface area contributed by atoms with Gasteiger partial charge >= 0.3 is 0 Å². The van der Waals surface area contributed by atoms with Gasteiger partial charge in [0.2, 0.25) is 11.8 Å². The number of hydrogen-bond acceptors (Lipinski definition) is 4. The molecule has 0 spiro atoms. The molecule has 3 heterocycles. The summed E-state index contributed by atoms with van der Waals surface area (Å²) < 4.78 is 0.931. The zero-order chi connectivity index (χ0) is 18.1. The van der Waals surface area contributed by atoms with Gasteiger partial charge < -0.3 is 5.32 Å². The number of rotatable bonds is 4. The number of benzene rings is 1. The number of halogens is 1. The van der Waals surface area contributed by atoms with Gasteiger partial charge in [0.25, 0.3) is 0 Å². The van der Waals surface area contributed by atoms with E-state index in [2.05, 4.69) is 36.4 Å². The first kappa shape index (κ1) is 16.7. The number of hydrogen-bond donors (Lipinski definition) is 2. The van der Waals surface area contributed by atoms with Crippen LogP contribution in [-0.4, -0.2) is 33.5 Å². The molecule has 1 saturated heterocycles. The van der Waals surface area contributed by atoms with Crippen molar-refractivity contribution in [3.05, 3.63) is 52.8 Å². The second kappa shape index (κ2) is 6.87. The number of nitrogens with one attached hydrogen (secondary N) is 2. The van der Waals surface area contributed by atoms with Gasteiger partial charge in [-0.2, -0.15) is 5.10 Å². The van der Waals surface area contributed by atoms with Gasteiger partial charge in [-0.05, 0) is 29.8 Å². The molecule has 0 unspecified atom stereocenters. The van der Waals surface area contributed by atoms with Crippen LogP contribution in [0.2, 0.25) is 0 Å². The number of pyridine rings is 1. The van der Waals surface area contributed by atoms with Crippen LogP contribution >= 0.6 is 15.9 Å². The lowest BCUT2D eigenvalue weighted by Gasteiger charge is -2.14. The van der Waals surface area contributed by atoms with E-state index >= 15 is 0 Å². The van der Waals surface area contributed by atoms with Crippen LogP contribution in [0.15, 0.2) is 47.2 Å². The van der Waals surface area contributed by atoms with Crippen molar-refractivity contribution in [2.24, 2.45) is 5.92 Å². The van der Waals surface area contributed by atoms with Gasteiger partial charge in [-0.1, -0.05) is 22.0 Å². The second-order valence-electron chi connectivity index (χ2n) is 6.22. The van der Waals surface area contributed by atoms with E-state index in [-0.39, 0.29) is 24.2 Å². The predicted molar refractivity (Wildman–Crippen MR) is 100 cm³/mol. The summed E-state index contributed by atoms with van der Waals surface area (Å²) in [4.78, 5) is 30.5. The number of carbonyl (C=O) groups excluding carboxylic acids is 2. The molecule has 1 fully saturated rings. The Bertz CT molecular complexity index is 972. The van der Waals surface area contributed by atoms with Gasteiger partial charge in [0.15, 0.2) is 5.82 Å². The van der Waals surface area contributed by atoms with Gasteiger partial charge in [0.05, 0.1) is 11.4 Å². The Morgan fingerprint density at radius 1 is 1.38 bits per heavy atom. The first-order chi connectivity index (χ1) is 12.6. The molecule has 7 nitrogen and oxygen atoms in total. The molecular weight excluding hydrogens is 398 g/mol. The summed E-state index contributed by atoms with van der Waals surface area (Å²) >= 11 is 3.42. The van der Waals surface area contributed by atoms with Crippen LogP contribution in [0.25, 0.3) is 10.9 Å². The Hall–Kier alpha value is -2.74. The molecule has 0 saturated carbocycles. The van der Waals surface area contributed by atoms with Crippen LogP contribution < -0.4 is 10.2 Å². The normalized spacial score (nSPS) is 17.0. The lowest BCUT2D eigenvalue weighted by molar-refractivity contribution is -0.126. The zero-order valence-corrected chi connectivity index (χ0v) is 15.4. The molecule has 2 N–H and O–H groups in total. The molecular formula is C18H16BrN5O2. The molecule has 1 aliphatic heterocycles. The standard InChI is InChI=1S/C18H16BrN5O2/c19-13-3-4-14-15(7-13)22-23-17(14)24-10-12(6-16(24)25)18(26)21-9-11-2-1-5-20-8-11/h1-5,7-8,12H,6,9-10H2,(H,21,26)(H,22,23)/t12-/m1/s1.